The molecule has 0 radical (unpaired) electrons. The number of ether oxygens (including phenoxy) is 1. The number of halogens is 1. The standard InChI is InChI=1S/C32H40FN3O3S/c1-3-4-5-6-7-27(32(38)39-2)36-28-20-23(8-9-24(28)10-11-31(36)37)12-14-34-15-17-35(18-16-34)29-21-25(33)22-30-26(29)13-19-40-30/h8-9,13,19-22,27H,3-7,10-12,14-18H2,1-2H3. The summed E-state index contributed by atoms with van der Waals surface area (Å²) < 4.78 is 20.4. The van der Waals surface area contributed by atoms with Crippen molar-refractivity contribution >= 4 is 44.7 Å². The van der Waals surface area contributed by atoms with Crippen LogP contribution in [-0.2, 0) is 27.2 Å². The quantitative estimate of drug-likeness (QED) is 0.205. The van der Waals surface area contributed by atoms with Crippen LogP contribution in [0.2, 0.25) is 0 Å². The number of aryl methyl sites for hydroxylation is 1. The predicted molar refractivity (Wildman–Crippen MR) is 161 cm³/mol. The second kappa shape index (κ2) is 13.1. The van der Waals surface area contributed by atoms with Gasteiger partial charge in [-0.05, 0) is 60.0 Å². The van der Waals surface area contributed by atoms with Gasteiger partial charge in [0, 0.05) is 60.6 Å². The molecular weight excluding hydrogens is 525 g/mol. The van der Waals surface area contributed by atoms with Crippen LogP contribution < -0.4 is 9.80 Å². The third-order valence-electron chi connectivity index (χ3n) is 8.35. The van der Waals surface area contributed by atoms with Crippen LogP contribution in [0.5, 0.6) is 0 Å². The molecule has 5 rings (SSSR count). The molecule has 3 heterocycles. The van der Waals surface area contributed by atoms with E-state index in [1.54, 1.807) is 28.4 Å². The molecule has 0 aliphatic carbocycles. The maximum absolute atomic E-state index is 14.2. The molecule has 3 aromatic rings. The molecular formula is C32H40FN3O3S. The molecule has 1 fully saturated rings. The largest absolute Gasteiger partial charge is 0.467 e. The summed E-state index contributed by atoms with van der Waals surface area (Å²) in [5.74, 6) is -0.509. The van der Waals surface area contributed by atoms with Crippen molar-refractivity contribution in [2.75, 3.05) is 49.6 Å². The number of rotatable bonds is 11. The minimum absolute atomic E-state index is 0.00347. The van der Waals surface area contributed by atoms with Crippen molar-refractivity contribution in [1.82, 2.24) is 4.90 Å². The van der Waals surface area contributed by atoms with Crippen LogP contribution >= 0.6 is 11.3 Å². The molecule has 214 valence electrons. The summed E-state index contributed by atoms with van der Waals surface area (Å²) in [5.41, 5.74) is 4.15. The van der Waals surface area contributed by atoms with E-state index in [9.17, 15) is 14.0 Å². The SMILES string of the molecule is CCCCCCC(C(=O)OC)N1C(=O)CCc2ccc(CCN3CCN(c4cc(F)cc5sccc45)CC3)cc21. The third-order valence-corrected chi connectivity index (χ3v) is 9.21. The van der Waals surface area contributed by atoms with E-state index in [2.05, 4.69) is 41.0 Å². The molecule has 0 bridgehead atoms. The lowest BCUT2D eigenvalue weighted by Crippen LogP contribution is -2.48. The Hall–Kier alpha value is -2.97. The maximum atomic E-state index is 14.2. The molecule has 2 aromatic carbocycles. The average Bonchev–Trinajstić information content (AvgIpc) is 3.44. The Morgan fingerprint density at radius 3 is 2.62 bits per heavy atom. The van der Waals surface area contributed by atoms with Gasteiger partial charge >= 0.3 is 5.97 Å². The number of thiophene rings is 1. The Morgan fingerprint density at radius 2 is 1.85 bits per heavy atom. The number of anilines is 2. The Bertz CT molecular complexity index is 1330. The second-order valence-electron chi connectivity index (χ2n) is 11.0. The number of hydrogen-bond acceptors (Lipinski definition) is 6. The second-order valence-corrected chi connectivity index (χ2v) is 11.9. The van der Waals surface area contributed by atoms with Gasteiger partial charge in [0.05, 0.1) is 7.11 Å². The van der Waals surface area contributed by atoms with Crippen LogP contribution in [0.25, 0.3) is 10.1 Å². The number of amides is 1. The number of benzene rings is 2. The molecule has 2 aliphatic heterocycles. The van der Waals surface area contributed by atoms with Gasteiger partial charge in [-0.25, -0.2) is 9.18 Å². The Labute approximate surface area is 240 Å². The molecule has 1 atom stereocenters. The van der Waals surface area contributed by atoms with Crippen molar-refractivity contribution in [3.05, 3.63) is 58.7 Å². The summed E-state index contributed by atoms with van der Waals surface area (Å²) in [5, 5.41) is 3.15. The number of piperazine rings is 1. The molecule has 40 heavy (non-hydrogen) atoms. The predicted octanol–water partition coefficient (Wildman–Crippen LogP) is 6.20. The average molecular weight is 566 g/mol. The number of unbranched alkanes of at least 4 members (excludes halogenated alkanes) is 3. The summed E-state index contributed by atoms with van der Waals surface area (Å²) >= 11 is 1.58. The minimum Gasteiger partial charge on any atom is -0.467 e. The van der Waals surface area contributed by atoms with Gasteiger partial charge in [-0.1, -0.05) is 44.7 Å². The van der Waals surface area contributed by atoms with E-state index < -0.39 is 6.04 Å². The first-order chi connectivity index (χ1) is 19.5. The van der Waals surface area contributed by atoms with Gasteiger partial charge in [-0.2, -0.15) is 0 Å². The van der Waals surface area contributed by atoms with Crippen molar-refractivity contribution < 1.29 is 18.7 Å². The van der Waals surface area contributed by atoms with Crippen molar-refractivity contribution in [2.24, 2.45) is 0 Å². The summed E-state index contributed by atoms with van der Waals surface area (Å²) in [4.78, 5) is 32.4. The van der Waals surface area contributed by atoms with Gasteiger partial charge < -0.3 is 9.64 Å². The van der Waals surface area contributed by atoms with Crippen LogP contribution in [-0.4, -0.2) is 62.7 Å². The Kier molecular flexibility index (Phi) is 9.37. The van der Waals surface area contributed by atoms with E-state index in [1.807, 2.05) is 5.38 Å². The van der Waals surface area contributed by atoms with Gasteiger partial charge in [0.1, 0.15) is 11.9 Å². The van der Waals surface area contributed by atoms with E-state index >= 15 is 0 Å². The lowest BCUT2D eigenvalue weighted by molar-refractivity contribution is -0.143. The molecule has 6 nitrogen and oxygen atoms in total. The maximum Gasteiger partial charge on any atom is 0.328 e. The molecule has 0 N–H and O–H groups in total. The van der Waals surface area contributed by atoms with Gasteiger partial charge in [0.25, 0.3) is 0 Å². The number of esters is 1. The highest BCUT2D eigenvalue weighted by atomic mass is 32.1. The van der Waals surface area contributed by atoms with Crippen molar-refractivity contribution in [2.45, 2.75) is 64.3 Å². The first-order valence-electron chi connectivity index (χ1n) is 14.6. The first kappa shape index (κ1) is 28.6. The number of nitrogens with zero attached hydrogens (tertiary/aromatic N) is 3. The van der Waals surface area contributed by atoms with Gasteiger partial charge in [0.15, 0.2) is 0 Å². The van der Waals surface area contributed by atoms with E-state index in [0.29, 0.717) is 19.3 Å². The summed E-state index contributed by atoms with van der Waals surface area (Å²) in [6.07, 6.45) is 6.79. The number of carbonyl (C=O) groups excluding carboxylic acids is 2. The molecule has 1 aromatic heterocycles. The van der Waals surface area contributed by atoms with E-state index in [1.165, 1.54) is 12.7 Å². The third kappa shape index (κ3) is 6.33. The molecule has 1 saturated heterocycles. The minimum atomic E-state index is -0.575. The number of methoxy groups -OCH3 is 1. The molecule has 2 aliphatic rings. The fraction of sp³-hybridized carbons (Fsp3) is 0.500. The van der Waals surface area contributed by atoms with Crippen LogP contribution in [0.4, 0.5) is 15.8 Å². The van der Waals surface area contributed by atoms with Crippen LogP contribution in [0.1, 0.15) is 56.6 Å². The van der Waals surface area contributed by atoms with Gasteiger partial charge in [-0.15, -0.1) is 11.3 Å². The number of carbonyl (C=O) groups is 2. The fourth-order valence-corrected chi connectivity index (χ4v) is 6.90. The van der Waals surface area contributed by atoms with Crippen molar-refractivity contribution in [1.29, 1.82) is 0 Å². The normalized spacial score (nSPS) is 16.8. The zero-order chi connectivity index (χ0) is 28.1. The van der Waals surface area contributed by atoms with Crippen molar-refractivity contribution in [3.8, 4) is 0 Å². The van der Waals surface area contributed by atoms with E-state index in [-0.39, 0.29) is 17.7 Å². The van der Waals surface area contributed by atoms with E-state index in [4.69, 9.17) is 4.74 Å². The smallest absolute Gasteiger partial charge is 0.328 e. The van der Waals surface area contributed by atoms with Crippen molar-refractivity contribution in [3.63, 3.8) is 0 Å². The first-order valence-corrected chi connectivity index (χ1v) is 15.5. The van der Waals surface area contributed by atoms with Gasteiger partial charge in [0.2, 0.25) is 5.91 Å². The Morgan fingerprint density at radius 1 is 1.02 bits per heavy atom. The molecule has 1 amide bonds. The van der Waals surface area contributed by atoms with Gasteiger partial charge in [-0.3, -0.25) is 14.6 Å². The van der Waals surface area contributed by atoms with Crippen LogP contribution in [0.15, 0.2) is 41.8 Å². The summed E-state index contributed by atoms with van der Waals surface area (Å²) in [6, 6.07) is 11.2. The van der Waals surface area contributed by atoms with Crippen LogP contribution in [0.3, 0.4) is 0 Å². The fourth-order valence-electron chi connectivity index (χ4n) is 6.07. The lowest BCUT2D eigenvalue weighted by atomic mass is 9.95. The number of hydrogen-bond donors (Lipinski definition) is 0. The highest BCUT2D eigenvalue weighted by Gasteiger charge is 2.35. The zero-order valence-corrected chi connectivity index (χ0v) is 24.5. The molecule has 1 unspecified atom stereocenters. The lowest BCUT2D eigenvalue weighted by Gasteiger charge is -2.37. The topological polar surface area (TPSA) is 53.1 Å². The zero-order valence-electron chi connectivity index (χ0n) is 23.7. The monoisotopic (exact) mass is 565 g/mol. The Balaban J connectivity index is 1.24. The molecule has 0 saturated carbocycles. The highest BCUT2D eigenvalue weighted by molar-refractivity contribution is 7.17. The van der Waals surface area contributed by atoms with Crippen LogP contribution in [0, 0.1) is 5.82 Å². The molecule has 0 spiro atoms. The highest BCUT2D eigenvalue weighted by Crippen LogP contribution is 2.34. The molecule has 8 heteroatoms. The van der Waals surface area contributed by atoms with E-state index in [0.717, 1.165) is 91.9 Å². The summed E-state index contributed by atoms with van der Waals surface area (Å²) in [6.45, 7) is 6.63. The number of fused-ring (bicyclic) bond motifs is 2. The summed E-state index contributed by atoms with van der Waals surface area (Å²) in [7, 11) is 1.41.